The second kappa shape index (κ2) is 6.93. The third-order valence-electron chi connectivity index (χ3n) is 2.59. The summed E-state index contributed by atoms with van der Waals surface area (Å²) in [5, 5.41) is 6.69. The van der Waals surface area contributed by atoms with E-state index in [1.54, 1.807) is 11.3 Å². The van der Waals surface area contributed by atoms with Gasteiger partial charge >= 0.3 is 0 Å². The first-order valence-corrected chi connectivity index (χ1v) is 6.51. The number of nitrogens with zero attached hydrogens (tertiary/aromatic N) is 2. The number of aromatic nitrogens is 1. The van der Waals surface area contributed by atoms with E-state index in [0.717, 1.165) is 26.2 Å². The highest BCUT2D eigenvalue weighted by atomic mass is 32.1. The minimum absolute atomic E-state index is 0.376. The molecular weight excluding hydrogens is 206 g/mol. The standard InChI is InChI=1S/C11H21N3S/c1-4-14(5-2)8-6-12-10(3)11-13-7-9-15-11/h7,9-10,12H,4-6,8H2,1-3H3/t10-/m0/s1. The third-order valence-corrected chi connectivity index (χ3v) is 3.55. The minimum atomic E-state index is 0.376. The van der Waals surface area contributed by atoms with Gasteiger partial charge in [-0.1, -0.05) is 13.8 Å². The molecule has 1 aromatic heterocycles. The Hall–Kier alpha value is -0.450. The molecule has 0 radical (unpaired) electrons. The number of thiazole rings is 1. The molecule has 4 heteroatoms. The van der Waals surface area contributed by atoms with Crippen LogP contribution in [0.5, 0.6) is 0 Å². The van der Waals surface area contributed by atoms with Crippen LogP contribution in [-0.4, -0.2) is 36.1 Å². The molecule has 15 heavy (non-hydrogen) atoms. The summed E-state index contributed by atoms with van der Waals surface area (Å²) in [6, 6.07) is 0.376. The first-order chi connectivity index (χ1) is 7.27. The summed E-state index contributed by atoms with van der Waals surface area (Å²) >= 11 is 1.71. The van der Waals surface area contributed by atoms with E-state index in [1.807, 2.05) is 11.6 Å². The van der Waals surface area contributed by atoms with Gasteiger partial charge in [0.2, 0.25) is 0 Å². The van der Waals surface area contributed by atoms with E-state index in [4.69, 9.17) is 0 Å². The number of hydrogen-bond donors (Lipinski definition) is 1. The number of nitrogens with one attached hydrogen (secondary N) is 1. The molecule has 1 aromatic rings. The molecule has 0 spiro atoms. The molecule has 0 aliphatic rings. The van der Waals surface area contributed by atoms with E-state index < -0.39 is 0 Å². The number of likely N-dealkylation sites (N-methyl/N-ethyl adjacent to an activating group) is 1. The summed E-state index contributed by atoms with van der Waals surface area (Å²) in [6.07, 6.45) is 1.86. The molecule has 0 saturated carbocycles. The van der Waals surface area contributed by atoms with E-state index >= 15 is 0 Å². The summed E-state index contributed by atoms with van der Waals surface area (Å²) in [7, 11) is 0. The van der Waals surface area contributed by atoms with Crippen molar-refractivity contribution < 1.29 is 0 Å². The fourth-order valence-electron chi connectivity index (χ4n) is 1.51. The predicted molar refractivity (Wildman–Crippen MR) is 66.3 cm³/mol. The van der Waals surface area contributed by atoms with Crippen molar-refractivity contribution in [2.24, 2.45) is 0 Å². The van der Waals surface area contributed by atoms with Gasteiger partial charge in [0.25, 0.3) is 0 Å². The average Bonchev–Trinajstić information content (AvgIpc) is 2.77. The zero-order valence-corrected chi connectivity index (χ0v) is 10.7. The van der Waals surface area contributed by atoms with Crippen LogP contribution in [-0.2, 0) is 0 Å². The Labute approximate surface area is 96.5 Å². The highest BCUT2D eigenvalue weighted by Crippen LogP contribution is 2.13. The second-order valence-corrected chi connectivity index (χ2v) is 4.50. The molecular formula is C11H21N3S. The van der Waals surface area contributed by atoms with Gasteiger partial charge in [0.05, 0.1) is 6.04 Å². The van der Waals surface area contributed by atoms with Gasteiger partial charge in [-0.05, 0) is 20.0 Å². The van der Waals surface area contributed by atoms with Gasteiger partial charge in [-0.2, -0.15) is 0 Å². The molecule has 86 valence electrons. The van der Waals surface area contributed by atoms with E-state index in [-0.39, 0.29) is 0 Å². The van der Waals surface area contributed by atoms with Gasteiger partial charge in [-0.15, -0.1) is 11.3 Å². The third kappa shape index (κ3) is 4.28. The van der Waals surface area contributed by atoms with E-state index in [1.165, 1.54) is 5.01 Å². The molecule has 0 unspecified atom stereocenters. The number of rotatable bonds is 7. The van der Waals surface area contributed by atoms with Crippen LogP contribution in [0.3, 0.4) is 0 Å². The first kappa shape index (κ1) is 12.6. The molecule has 0 fully saturated rings. The van der Waals surface area contributed by atoms with Crippen LogP contribution in [0.2, 0.25) is 0 Å². The lowest BCUT2D eigenvalue weighted by molar-refractivity contribution is 0.298. The Morgan fingerprint density at radius 1 is 1.47 bits per heavy atom. The van der Waals surface area contributed by atoms with Crippen molar-refractivity contribution >= 4 is 11.3 Å². The normalized spacial score (nSPS) is 13.3. The Morgan fingerprint density at radius 2 is 2.20 bits per heavy atom. The SMILES string of the molecule is CCN(CC)CCN[C@@H](C)c1nccs1. The van der Waals surface area contributed by atoms with Crippen LogP contribution in [0, 0.1) is 0 Å². The molecule has 1 N–H and O–H groups in total. The van der Waals surface area contributed by atoms with Gasteiger partial charge in [0.1, 0.15) is 5.01 Å². The minimum Gasteiger partial charge on any atom is -0.307 e. The maximum Gasteiger partial charge on any atom is 0.109 e. The molecule has 0 saturated heterocycles. The quantitative estimate of drug-likeness (QED) is 0.773. The molecule has 0 aliphatic heterocycles. The maximum atomic E-state index is 4.30. The highest BCUT2D eigenvalue weighted by Gasteiger charge is 2.07. The van der Waals surface area contributed by atoms with Crippen molar-refractivity contribution in [1.82, 2.24) is 15.2 Å². The lowest BCUT2D eigenvalue weighted by Gasteiger charge is -2.19. The molecule has 1 heterocycles. The van der Waals surface area contributed by atoms with Crippen molar-refractivity contribution in [2.75, 3.05) is 26.2 Å². The molecule has 1 rings (SSSR count). The zero-order valence-electron chi connectivity index (χ0n) is 9.86. The molecule has 0 amide bonds. The van der Waals surface area contributed by atoms with Crippen molar-refractivity contribution in [3.05, 3.63) is 16.6 Å². The van der Waals surface area contributed by atoms with Crippen molar-refractivity contribution in [3.8, 4) is 0 Å². The fraction of sp³-hybridized carbons (Fsp3) is 0.727. The van der Waals surface area contributed by atoms with Crippen LogP contribution in [0.25, 0.3) is 0 Å². The predicted octanol–water partition coefficient (Wildman–Crippen LogP) is 2.14. The monoisotopic (exact) mass is 227 g/mol. The summed E-state index contributed by atoms with van der Waals surface area (Å²) in [5.74, 6) is 0. The van der Waals surface area contributed by atoms with Gasteiger partial charge in [0.15, 0.2) is 0 Å². The maximum absolute atomic E-state index is 4.30. The molecule has 0 aliphatic carbocycles. The first-order valence-electron chi connectivity index (χ1n) is 5.63. The zero-order chi connectivity index (χ0) is 11.1. The Kier molecular flexibility index (Phi) is 5.83. The van der Waals surface area contributed by atoms with Gasteiger partial charge in [-0.25, -0.2) is 4.98 Å². The van der Waals surface area contributed by atoms with Crippen LogP contribution < -0.4 is 5.32 Å². The van der Waals surface area contributed by atoms with Crippen LogP contribution in [0.4, 0.5) is 0 Å². The van der Waals surface area contributed by atoms with Gasteiger partial charge in [-0.3, -0.25) is 0 Å². The molecule has 0 bridgehead atoms. The Bertz CT molecular complexity index is 244. The summed E-state index contributed by atoms with van der Waals surface area (Å²) < 4.78 is 0. The summed E-state index contributed by atoms with van der Waals surface area (Å²) in [5.41, 5.74) is 0. The smallest absolute Gasteiger partial charge is 0.109 e. The van der Waals surface area contributed by atoms with E-state index in [9.17, 15) is 0 Å². The lowest BCUT2D eigenvalue weighted by Crippen LogP contribution is -2.32. The Morgan fingerprint density at radius 3 is 2.73 bits per heavy atom. The topological polar surface area (TPSA) is 28.2 Å². The summed E-state index contributed by atoms with van der Waals surface area (Å²) in [4.78, 5) is 6.71. The average molecular weight is 227 g/mol. The van der Waals surface area contributed by atoms with Crippen molar-refractivity contribution in [3.63, 3.8) is 0 Å². The van der Waals surface area contributed by atoms with E-state index in [2.05, 4.69) is 36.0 Å². The number of hydrogen-bond acceptors (Lipinski definition) is 4. The van der Waals surface area contributed by atoms with Crippen molar-refractivity contribution in [2.45, 2.75) is 26.8 Å². The van der Waals surface area contributed by atoms with Crippen LogP contribution >= 0.6 is 11.3 Å². The molecule has 0 aromatic carbocycles. The van der Waals surface area contributed by atoms with Gasteiger partial charge in [0, 0.05) is 24.7 Å². The van der Waals surface area contributed by atoms with Crippen molar-refractivity contribution in [1.29, 1.82) is 0 Å². The summed E-state index contributed by atoms with van der Waals surface area (Å²) in [6.45, 7) is 11.0. The largest absolute Gasteiger partial charge is 0.307 e. The molecule has 3 nitrogen and oxygen atoms in total. The Balaban J connectivity index is 2.20. The van der Waals surface area contributed by atoms with Crippen LogP contribution in [0.15, 0.2) is 11.6 Å². The lowest BCUT2D eigenvalue weighted by atomic mass is 10.3. The van der Waals surface area contributed by atoms with Gasteiger partial charge < -0.3 is 10.2 Å². The van der Waals surface area contributed by atoms with E-state index in [0.29, 0.717) is 6.04 Å². The fourth-order valence-corrected chi connectivity index (χ4v) is 2.18. The second-order valence-electron chi connectivity index (χ2n) is 3.57. The highest BCUT2D eigenvalue weighted by molar-refractivity contribution is 7.09. The van der Waals surface area contributed by atoms with Crippen LogP contribution in [0.1, 0.15) is 31.8 Å². The molecule has 1 atom stereocenters.